The highest BCUT2D eigenvalue weighted by Gasteiger charge is 2.55. The minimum atomic E-state index is -1.45. The summed E-state index contributed by atoms with van der Waals surface area (Å²) in [7, 11) is 4.84. The molecule has 0 aromatic heterocycles. The van der Waals surface area contributed by atoms with Gasteiger partial charge in [-0.25, -0.2) is 0 Å². The van der Waals surface area contributed by atoms with E-state index < -0.39 is 11.2 Å². The van der Waals surface area contributed by atoms with Crippen molar-refractivity contribution >= 4 is 5.78 Å². The van der Waals surface area contributed by atoms with Crippen molar-refractivity contribution in [2.45, 2.75) is 84.0 Å². The topological polar surface area (TPSA) is 81.7 Å². The highest BCUT2D eigenvalue weighted by molar-refractivity contribution is 5.87. The Kier molecular flexibility index (Phi) is 13.6. The lowest BCUT2D eigenvalue weighted by Crippen LogP contribution is -2.59. The zero-order valence-corrected chi connectivity index (χ0v) is 28.6. The summed E-state index contributed by atoms with van der Waals surface area (Å²) < 4.78 is 41.8. The Morgan fingerprint density at radius 1 is 0.830 bits per heavy atom. The summed E-state index contributed by atoms with van der Waals surface area (Å²) in [6.07, 6.45) is 4.52. The van der Waals surface area contributed by atoms with Gasteiger partial charge < -0.3 is 33.2 Å². The molecule has 0 spiro atoms. The molecule has 1 fully saturated rings. The van der Waals surface area contributed by atoms with Crippen molar-refractivity contribution in [1.29, 1.82) is 0 Å². The fourth-order valence-electron chi connectivity index (χ4n) is 5.83. The van der Waals surface area contributed by atoms with Crippen LogP contribution >= 0.6 is 0 Å². The van der Waals surface area contributed by atoms with E-state index in [4.69, 9.17) is 33.2 Å². The van der Waals surface area contributed by atoms with Gasteiger partial charge in [-0.3, -0.25) is 4.79 Å². The lowest BCUT2D eigenvalue weighted by Gasteiger charge is -2.47. The molecule has 47 heavy (non-hydrogen) atoms. The third-order valence-corrected chi connectivity index (χ3v) is 8.70. The highest BCUT2D eigenvalue weighted by atomic mass is 16.7. The molecular formula is C39H50O8. The molecule has 0 radical (unpaired) electrons. The van der Waals surface area contributed by atoms with Crippen molar-refractivity contribution in [2.75, 3.05) is 27.9 Å². The van der Waals surface area contributed by atoms with Gasteiger partial charge in [-0.05, 0) is 54.3 Å². The lowest BCUT2D eigenvalue weighted by atomic mass is 9.77. The van der Waals surface area contributed by atoms with Crippen LogP contribution < -0.4 is 9.47 Å². The van der Waals surface area contributed by atoms with Gasteiger partial charge >= 0.3 is 0 Å². The van der Waals surface area contributed by atoms with Gasteiger partial charge in [0.2, 0.25) is 5.79 Å². The molecule has 0 bridgehead atoms. The van der Waals surface area contributed by atoms with E-state index in [-0.39, 0.29) is 24.1 Å². The van der Waals surface area contributed by atoms with Gasteiger partial charge in [0.15, 0.2) is 5.78 Å². The van der Waals surface area contributed by atoms with E-state index in [9.17, 15) is 4.79 Å². The second-order valence-corrected chi connectivity index (χ2v) is 12.4. The molecule has 0 amide bonds. The average molecular weight is 647 g/mol. The molecule has 3 aromatic carbocycles. The number of rotatable bonds is 18. The average Bonchev–Trinajstić information content (AvgIpc) is 3.10. The Balaban J connectivity index is 1.42. The number of Topliss-reactive ketones (excluding diaryl/α,β-unsaturated/α-hetero) is 1. The minimum absolute atomic E-state index is 0.0749. The monoisotopic (exact) mass is 646 g/mol. The molecule has 0 saturated carbocycles. The molecule has 8 nitrogen and oxygen atoms in total. The van der Waals surface area contributed by atoms with Crippen molar-refractivity contribution in [3.05, 3.63) is 108 Å². The maximum Gasteiger partial charge on any atom is 0.237 e. The predicted octanol–water partition coefficient (Wildman–Crippen LogP) is 7.47. The zero-order valence-electron chi connectivity index (χ0n) is 28.6. The fraction of sp³-hybridized carbons (Fsp3) is 0.462. The standard InChI is InChI=1S/C39H50O8/c1-29(45-27-30-11-8-7-9-12-30)36(46-28-32-15-19-34(42-5)20-16-32)25-35-21-22-37(40)39(43-6,47-35)38(2,3)23-10-24-44-26-31-13-17-33(41-4)18-14-31/h7-20,23,29,35-36H,21-22,24-28H2,1-6H3/t29-,35+,36?,39-/m1/s1. The molecule has 1 aliphatic heterocycles. The third kappa shape index (κ3) is 9.98. The van der Waals surface area contributed by atoms with Crippen LogP contribution in [0.15, 0.2) is 91.0 Å². The number of benzene rings is 3. The number of hydrogen-bond donors (Lipinski definition) is 0. The first-order valence-electron chi connectivity index (χ1n) is 16.2. The van der Waals surface area contributed by atoms with Crippen LogP contribution in [0.2, 0.25) is 0 Å². The van der Waals surface area contributed by atoms with Crippen LogP contribution in [0.3, 0.4) is 0 Å². The van der Waals surface area contributed by atoms with E-state index >= 15 is 0 Å². The first-order chi connectivity index (χ1) is 22.7. The van der Waals surface area contributed by atoms with E-state index in [0.717, 1.165) is 28.2 Å². The Labute approximate surface area is 279 Å². The molecular weight excluding hydrogens is 596 g/mol. The maximum atomic E-state index is 13.5. The van der Waals surface area contributed by atoms with Gasteiger partial charge in [-0.2, -0.15) is 0 Å². The number of methoxy groups -OCH3 is 3. The van der Waals surface area contributed by atoms with E-state index in [2.05, 4.69) is 0 Å². The summed E-state index contributed by atoms with van der Waals surface area (Å²) in [6, 6.07) is 25.7. The summed E-state index contributed by atoms with van der Waals surface area (Å²) in [5, 5.41) is 0. The van der Waals surface area contributed by atoms with E-state index in [1.54, 1.807) is 21.3 Å². The first kappa shape index (κ1) is 36.3. The van der Waals surface area contributed by atoms with Gasteiger partial charge in [0, 0.05) is 25.4 Å². The van der Waals surface area contributed by atoms with Gasteiger partial charge in [-0.15, -0.1) is 0 Å². The third-order valence-electron chi connectivity index (χ3n) is 8.70. The Hall–Kier alpha value is -3.53. The molecule has 4 atom stereocenters. The maximum absolute atomic E-state index is 13.5. The quantitative estimate of drug-likeness (QED) is 0.104. The number of carbonyl (C=O) groups excluding carboxylic acids is 1. The lowest BCUT2D eigenvalue weighted by molar-refractivity contribution is -0.286. The zero-order chi connectivity index (χ0) is 33.7. The molecule has 1 unspecified atom stereocenters. The second kappa shape index (κ2) is 17.6. The highest BCUT2D eigenvalue weighted by Crippen LogP contribution is 2.43. The largest absolute Gasteiger partial charge is 0.497 e. The molecule has 4 rings (SSSR count). The van der Waals surface area contributed by atoms with Gasteiger partial charge in [0.05, 0.1) is 59.0 Å². The molecule has 1 saturated heterocycles. The van der Waals surface area contributed by atoms with Crippen LogP contribution in [0.1, 0.15) is 56.7 Å². The summed E-state index contributed by atoms with van der Waals surface area (Å²) in [4.78, 5) is 13.5. The number of ketones is 1. The van der Waals surface area contributed by atoms with Crippen LogP contribution in [-0.4, -0.2) is 57.8 Å². The summed E-state index contributed by atoms with van der Waals surface area (Å²) >= 11 is 0. The van der Waals surface area contributed by atoms with Crippen molar-refractivity contribution < 1.29 is 38.0 Å². The summed E-state index contributed by atoms with van der Waals surface area (Å²) in [5.41, 5.74) is 2.40. The van der Waals surface area contributed by atoms with Crippen LogP contribution in [0, 0.1) is 5.41 Å². The number of carbonyl (C=O) groups is 1. The van der Waals surface area contributed by atoms with Crippen molar-refractivity contribution in [3.63, 3.8) is 0 Å². The normalized spacial score (nSPS) is 19.9. The van der Waals surface area contributed by atoms with E-state index in [1.165, 1.54) is 0 Å². The molecule has 1 heterocycles. The molecule has 3 aromatic rings. The predicted molar refractivity (Wildman–Crippen MR) is 181 cm³/mol. The Morgan fingerprint density at radius 2 is 1.40 bits per heavy atom. The summed E-state index contributed by atoms with van der Waals surface area (Å²) in [6.45, 7) is 7.65. The van der Waals surface area contributed by atoms with E-state index in [0.29, 0.717) is 45.7 Å². The minimum Gasteiger partial charge on any atom is -0.497 e. The SMILES string of the molecule is COc1ccc(COCC=CC(C)(C)[C@]2(OC)O[C@H](CC(OCc3ccc(OC)cc3)[C@@H](C)OCc3ccccc3)CCC2=O)cc1. The van der Waals surface area contributed by atoms with Crippen molar-refractivity contribution in [2.24, 2.45) is 5.41 Å². The Bertz CT molecular complexity index is 1390. The molecule has 254 valence electrons. The van der Waals surface area contributed by atoms with Crippen LogP contribution in [0.25, 0.3) is 0 Å². The summed E-state index contributed by atoms with van der Waals surface area (Å²) in [5.74, 6) is 0.0764. The second-order valence-electron chi connectivity index (χ2n) is 12.4. The van der Waals surface area contributed by atoms with E-state index in [1.807, 2.05) is 112 Å². The smallest absolute Gasteiger partial charge is 0.237 e. The first-order valence-corrected chi connectivity index (χ1v) is 16.2. The molecule has 0 aliphatic carbocycles. The van der Waals surface area contributed by atoms with Crippen LogP contribution in [-0.2, 0) is 48.3 Å². The van der Waals surface area contributed by atoms with Crippen LogP contribution in [0.4, 0.5) is 0 Å². The Morgan fingerprint density at radius 3 is 2.00 bits per heavy atom. The van der Waals surface area contributed by atoms with Crippen molar-refractivity contribution in [1.82, 2.24) is 0 Å². The van der Waals surface area contributed by atoms with Gasteiger partial charge in [0.1, 0.15) is 11.5 Å². The molecule has 8 heteroatoms. The number of ether oxygens (including phenoxy) is 7. The van der Waals surface area contributed by atoms with Gasteiger partial charge in [-0.1, -0.05) is 80.6 Å². The number of hydrogen-bond acceptors (Lipinski definition) is 8. The van der Waals surface area contributed by atoms with Crippen LogP contribution in [0.5, 0.6) is 11.5 Å². The van der Waals surface area contributed by atoms with Gasteiger partial charge in [0.25, 0.3) is 0 Å². The molecule has 0 N–H and O–H groups in total. The fourth-order valence-corrected chi connectivity index (χ4v) is 5.83. The molecule has 1 aliphatic rings. The van der Waals surface area contributed by atoms with Crippen molar-refractivity contribution in [3.8, 4) is 11.5 Å².